The number of aryl methyl sites for hydroxylation is 1. The molecule has 2 heterocycles. The molecule has 1 amide bonds. The summed E-state index contributed by atoms with van der Waals surface area (Å²) in [7, 11) is 0. The van der Waals surface area contributed by atoms with Crippen LogP contribution in [0.1, 0.15) is 31.2 Å². The van der Waals surface area contributed by atoms with Crippen LogP contribution in [0.15, 0.2) is 59.8 Å². The predicted octanol–water partition coefficient (Wildman–Crippen LogP) is 5.47. The van der Waals surface area contributed by atoms with E-state index in [0.29, 0.717) is 0 Å². The van der Waals surface area contributed by atoms with Gasteiger partial charge in [0.05, 0.1) is 23.6 Å². The summed E-state index contributed by atoms with van der Waals surface area (Å²) >= 11 is 1.50. The number of anilines is 1. The third-order valence-electron chi connectivity index (χ3n) is 5.75. The zero-order valence-electron chi connectivity index (χ0n) is 18.3. The van der Waals surface area contributed by atoms with Gasteiger partial charge in [-0.1, -0.05) is 60.3 Å². The fourth-order valence-electron chi connectivity index (χ4n) is 3.83. The van der Waals surface area contributed by atoms with Crippen LogP contribution < -0.4 is 5.32 Å². The summed E-state index contributed by atoms with van der Waals surface area (Å²) in [4.78, 5) is 17.8. The van der Waals surface area contributed by atoms with Crippen LogP contribution in [-0.2, 0) is 16.1 Å². The summed E-state index contributed by atoms with van der Waals surface area (Å²) < 4.78 is 8.03. The maximum absolute atomic E-state index is 13.1. The molecule has 1 fully saturated rings. The number of rotatable bonds is 7. The average molecular weight is 436 g/mol. The molecular weight excluding hydrogens is 406 g/mol. The van der Waals surface area contributed by atoms with Crippen molar-refractivity contribution in [1.29, 1.82) is 0 Å². The first-order valence-corrected chi connectivity index (χ1v) is 11.7. The lowest BCUT2D eigenvalue weighted by molar-refractivity contribution is -0.115. The normalized spacial score (nSPS) is 16.9. The Hall–Kier alpha value is -2.57. The number of nitrogens with zero attached hydrogens (tertiary/aromatic N) is 2. The number of nitrogens with one attached hydrogen (secondary N) is 1. The maximum atomic E-state index is 13.1. The predicted molar refractivity (Wildman–Crippen MR) is 127 cm³/mol. The Bertz CT molecular complexity index is 1040. The molecule has 1 aromatic heterocycles. The van der Waals surface area contributed by atoms with Gasteiger partial charge in [0.25, 0.3) is 0 Å². The fraction of sp³-hybridized carbons (Fsp3) is 0.360. The van der Waals surface area contributed by atoms with E-state index in [9.17, 15) is 4.79 Å². The Balaban J connectivity index is 1.49. The summed E-state index contributed by atoms with van der Waals surface area (Å²) in [6.45, 7) is 7.66. The number of imidazole rings is 1. The Morgan fingerprint density at radius 1 is 1.19 bits per heavy atom. The number of amides is 1. The van der Waals surface area contributed by atoms with Crippen molar-refractivity contribution in [2.75, 3.05) is 11.9 Å². The molecule has 2 aromatic carbocycles. The highest BCUT2D eigenvalue weighted by Gasteiger charge is 2.23. The largest absolute Gasteiger partial charge is 0.376 e. The van der Waals surface area contributed by atoms with Crippen LogP contribution in [0, 0.1) is 13.8 Å². The van der Waals surface area contributed by atoms with Gasteiger partial charge in [-0.2, -0.15) is 0 Å². The van der Waals surface area contributed by atoms with Gasteiger partial charge in [-0.05, 0) is 45.2 Å². The van der Waals surface area contributed by atoms with E-state index in [1.165, 1.54) is 11.8 Å². The second-order valence-electron chi connectivity index (χ2n) is 7.97. The third kappa shape index (κ3) is 5.02. The van der Waals surface area contributed by atoms with E-state index in [4.69, 9.17) is 9.72 Å². The van der Waals surface area contributed by atoms with Gasteiger partial charge in [0.15, 0.2) is 5.16 Å². The van der Waals surface area contributed by atoms with Crippen LogP contribution in [0.4, 0.5) is 5.69 Å². The first kappa shape index (κ1) is 21.7. The van der Waals surface area contributed by atoms with Crippen molar-refractivity contribution in [2.24, 2.45) is 0 Å². The molecule has 5 nitrogen and oxygen atoms in total. The molecule has 3 aromatic rings. The van der Waals surface area contributed by atoms with Gasteiger partial charge in [-0.15, -0.1) is 0 Å². The van der Waals surface area contributed by atoms with E-state index in [0.717, 1.165) is 59.4 Å². The zero-order valence-corrected chi connectivity index (χ0v) is 19.1. The van der Waals surface area contributed by atoms with Gasteiger partial charge in [0.1, 0.15) is 0 Å². The highest BCUT2D eigenvalue weighted by molar-refractivity contribution is 8.00. The standard InChI is InChI=1S/C25H29N3O2S/c1-17-18(2)28(16-21-12-9-15-30-21)25(26-17)31-19(3)24(29)27-23-14-8-7-13-22(23)20-10-5-4-6-11-20/h4-8,10-11,13-14,19,21H,9,12,15-16H2,1-3H3,(H,27,29)/t19-,21-/m0/s1. The molecule has 0 unspecified atom stereocenters. The molecule has 162 valence electrons. The van der Waals surface area contributed by atoms with E-state index < -0.39 is 0 Å². The van der Waals surface area contributed by atoms with Gasteiger partial charge >= 0.3 is 0 Å². The van der Waals surface area contributed by atoms with E-state index >= 15 is 0 Å². The summed E-state index contributed by atoms with van der Waals surface area (Å²) in [5, 5.41) is 3.72. The Morgan fingerprint density at radius 3 is 2.68 bits per heavy atom. The number of ether oxygens (including phenoxy) is 1. The molecule has 0 aliphatic carbocycles. The monoisotopic (exact) mass is 435 g/mol. The van der Waals surface area contributed by atoms with Crippen molar-refractivity contribution in [3.63, 3.8) is 0 Å². The van der Waals surface area contributed by atoms with E-state index in [-0.39, 0.29) is 17.3 Å². The average Bonchev–Trinajstić information content (AvgIpc) is 3.39. The third-order valence-corrected chi connectivity index (χ3v) is 6.84. The number of carbonyl (C=O) groups is 1. The molecule has 0 saturated carbocycles. The summed E-state index contributed by atoms with van der Waals surface area (Å²) in [6.07, 6.45) is 2.42. The lowest BCUT2D eigenvalue weighted by Crippen LogP contribution is -2.24. The molecule has 1 aliphatic rings. The van der Waals surface area contributed by atoms with Crippen molar-refractivity contribution in [1.82, 2.24) is 9.55 Å². The summed E-state index contributed by atoms with van der Waals surface area (Å²) in [5.74, 6) is -0.0321. The van der Waals surface area contributed by atoms with Crippen LogP contribution in [0.5, 0.6) is 0 Å². The van der Waals surface area contributed by atoms with Crippen molar-refractivity contribution < 1.29 is 9.53 Å². The molecule has 4 rings (SSSR count). The molecule has 1 saturated heterocycles. The number of hydrogen-bond donors (Lipinski definition) is 1. The van der Waals surface area contributed by atoms with Crippen LogP contribution in [0.3, 0.4) is 0 Å². The fourth-order valence-corrected chi connectivity index (χ4v) is 4.84. The second-order valence-corrected chi connectivity index (χ2v) is 9.28. The number of benzene rings is 2. The number of aromatic nitrogens is 2. The second kappa shape index (κ2) is 9.71. The SMILES string of the molecule is Cc1nc(S[C@@H](C)C(=O)Nc2ccccc2-c2ccccc2)n(C[C@@H]2CCCO2)c1C. The van der Waals surface area contributed by atoms with Gasteiger partial charge < -0.3 is 14.6 Å². The molecule has 1 N–H and O–H groups in total. The number of para-hydroxylation sites is 1. The highest BCUT2D eigenvalue weighted by Crippen LogP contribution is 2.30. The number of thioether (sulfide) groups is 1. The van der Waals surface area contributed by atoms with Gasteiger partial charge in [0.2, 0.25) is 5.91 Å². The first-order chi connectivity index (χ1) is 15.0. The molecule has 1 aliphatic heterocycles. The van der Waals surface area contributed by atoms with E-state index in [2.05, 4.69) is 28.9 Å². The minimum Gasteiger partial charge on any atom is -0.376 e. The maximum Gasteiger partial charge on any atom is 0.237 e. The lowest BCUT2D eigenvalue weighted by atomic mass is 10.0. The minimum atomic E-state index is -0.284. The highest BCUT2D eigenvalue weighted by atomic mass is 32.2. The molecule has 0 radical (unpaired) electrons. The van der Waals surface area contributed by atoms with Crippen molar-refractivity contribution in [3.8, 4) is 11.1 Å². The molecule has 2 atom stereocenters. The molecule has 0 spiro atoms. The minimum absolute atomic E-state index is 0.0321. The topological polar surface area (TPSA) is 56.2 Å². The quantitative estimate of drug-likeness (QED) is 0.500. The van der Waals surface area contributed by atoms with E-state index in [1.807, 2.05) is 56.3 Å². The molecular formula is C25H29N3O2S. The molecule has 0 bridgehead atoms. The first-order valence-electron chi connectivity index (χ1n) is 10.8. The number of carbonyl (C=O) groups excluding carboxylic acids is 1. The molecule has 6 heteroatoms. The summed E-state index contributed by atoms with van der Waals surface area (Å²) in [5.41, 5.74) is 5.06. The van der Waals surface area contributed by atoms with Crippen molar-refractivity contribution in [3.05, 3.63) is 66.0 Å². The van der Waals surface area contributed by atoms with Crippen LogP contribution in [0.25, 0.3) is 11.1 Å². The zero-order chi connectivity index (χ0) is 21.8. The Labute approximate surface area is 188 Å². The smallest absolute Gasteiger partial charge is 0.237 e. The van der Waals surface area contributed by atoms with Crippen molar-refractivity contribution >= 4 is 23.4 Å². The van der Waals surface area contributed by atoms with Crippen LogP contribution in [-0.4, -0.2) is 33.4 Å². The van der Waals surface area contributed by atoms with Crippen LogP contribution in [0.2, 0.25) is 0 Å². The van der Waals surface area contributed by atoms with E-state index in [1.54, 1.807) is 0 Å². The lowest BCUT2D eigenvalue weighted by Gasteiger charge is -2.17. The van der Waals surface area contributed by atoms with Gasteiger partial charge in [-0.3, -0.25) is 4.79 Å². The van der Waals surface area contributed by atoms with Gasteiger partial charge in [-0.25, -0.2) is 4.98 Å². The summed E-state index contributed by atoms with van der Waals surface area (Å²) in [6, 6.07) is 18.0. The van der Waals surface area contributed by atoms with Crippen LogP contribution >= 0.6 is 11.8 Å². The number of hydrogen-bond acceptors (Lipinski definition) is 4. The Kier molecular flexibility index (Phi) is 6.78. The van der Waals surface area contributed by atoms with Crippen molar-refractivity contribution in [2.45, 2.75) is 56.7 Å². The van der Waals surface area contributed by atoms with Gasteiger partial charge in [0, 0.05) is 23.6 Å². The Morgan fingerprint density at radius 2 is 1.94 bits per heavy atom. The molecule has 31 heavy (non-hydrogen) atoms.